The average molecular weight is 276 g/mol. The minimum Gasteiger partial charge on any atom is -0.493 e. The Labute approximate surface area is 121 Å². The minimum atomic E-state index is 0.570. The molecule has 20 heavy (non-hydrogen) atoms. The fraction of sp³-hybridized carbons (Fsp3) is 0.625. The lowest BCUT2D eigenvalue weighted by molar-refractivity contribution is 0.0975. The van der Waals surface area contributed by atoms with Crippen LogP contribution < -0.4 is 14.8 Å². The van der Waals surface area contributed by atoms with E-state index in [2.05, 4.69) is 16.3 Å². The Morgan fingerprint density at radius 3 is 2.65 bits per heavy atom. The summed E-state index contributed by atoms with van der Waals surface area (Å²) in [5.74, 6) is 2.44. The van der Waals surface area contributed by atoms with E-state index < -0.39 is 0 Å². The molecule has 3 heterocycles. The molecule has 1 aromatic carbocycles. The molecule has 1 atom stereocenters. The van der Waals surface area contributed by atoms with Gasteiger partial charge in [-0.1, -0.05) is 0 Å². The van der Waals surface area contributed by atoms with E-state index in [1.807, 2.05) is 19.1 Å². The highest BCUT2D eigenvalue weighted by atomic mass is 16.5. The van der Waals surface area contributed by atoms with Gasteiger partial charge >= 0.3 is 0 Å². The molecule has 1 N–H and O–H groups in total. The Morgan fingerprint density at radius 1 is 1.25 bits per heavy atom. The van der Waals surface area contributed by atoms with E-state index in [0.717, 1.165) is 23.1 Å². The molecule has 0 radical (unpaired) electrons. The Bertz CT molecular complexity index is 456. The number of benzene rings is 1. The number of anilines is 1. The van der Waals surface area contributed by atoms with Gasteiger partial charge in [0.25, 0.3) is 0 Å². The summed E-state index contributed by atoms with van der Waals surface area (Å²) < 4.78 is 11.0. The molecule has 2 bridgehead atoms. The maximum absolute atomic E-state index is 5.56. The van der Waals surface area contributed by atoms with Crippen LogP contribution in [0.5, 0.6) is 11.5 Å². The second-order valence-corrected chi connectivity index (χ2v) is 5.69. The number of nitrogens with zero attached hydrogens (tertiary/aromatic N) is 1. The van der Waals surface area contributed by atoms with Crippen LogP contribution in [0.25, 0.3) is 0 Å². The standard InChI is InChI=1S/C16H24N2O2/c1-3-20-15-5-4-13(10-16(15)19-2)17-14-11-18-8-6-12(14)7-9-18/h4-5,10,12,14,17H,3,6-9,11H2,1-2H3. The highest BCUT2D eigenvalue weighted by Crippen LogP contribution is 2.33. The molecule has 0 spiro atoms. The summed E-state index contributed by atoms with van der Waals surface area (Å²) in [5.41, 5.74) is 1.13. The predicted octanol–water partition coefficient (Wildman–Crippen LogP) is 2.60. The van der Waals surface area contributed by atoms with Gasteiger partial charge in [-0.3, -0.25) is 0 Å². The molecule has 0 aliphatic carbocycles. The van der Waals surface area contributed by atoms with Crippen LogP contribution in [0.15, 0.2) is 18.2 Å². The average Bonchev–Trinajstić information content (AvgIpc) is 2.50. The van der Waals surface area contributed by atoms with Crippen LogP contribution in [0.4, 0.5) is 5.69 Å². The Balaban J connectivity index is 1.71. The van der Waals surface area contributed by atoms with Gasteiger partial charge in [-0.05, 0) is 50.9 Å². The van der Waals surface area contributed by atoms with Crippen LogP contribution in [0.2, 0.25) is 0 Å². The smallest absolute Gasteiger partial charge is 0.162 e. The van der Waals surface area contributed by atoms with Gasteiger partial charge in [0, 0.05) is 24.3 Å². The van der Waals surface area contributed by atoms with Crippen LogP contribution in [-0.4, -0.2) is 44.3 Å². The summed E-state index contributed by atoms with van der Waals surface area (Å²) >= 11 is 0. The van der Waals surface area contributed by atoms with Crippen molar-refractivity contribution >= 4 is 5.69 Å². The Morgan fingerprint density at radius 2 is 2.05 bits per heavy atom. The normalized spacial score (nSPS) is 28.2. The van der Waals surface area contributed by atoms with Crippen molar-refractivity contribution in [3.05, 3.63) is 18.2 Å². The molecule has 1 aromatic rings. The van der Waals surface area contributed by atoms with Crippen LogP contribution in [0.1, 0.15) is 19.8 Å². The highest BCUT2D eigenvalue weighted by molar-refractivity contribution is 5.55. The molecule has 3 saturated heterocycles. The number of methoxy groups -OCH3 is 1. The molecule has 1 unspecified atom stereocenters. The first-order valence-corrected chi connectivity index (χ1v) is 7.60. The van der Waals surface area contributed by atoms with Crippen molar-refractivity contribution < 1.29 is 9.47 Å². The van der Waals surface area contributed by atoms with Crippen molar-refractivity contribution in [1.29, 1.82) is 0 Å². The summed E-state index contributed by atoms with van der Waals surface area (Å²) in [5, 5.41) is 3.68. The van der Waals surface area contributed by atoms with E-state index in [4.69, 9.17) is 9.47 Å². The first-order chi connectivity index (χ1) is 9.80. The molecule has 0 saturated carbocycles. The molecule has 4 heteroatoms. The van der Waals surface area contributed by atoms with Gasteiger partial charge in [-0.2, -0.15) is 0 Å². The monoisotopic (exact) mass is 276 g/mol. The predicted molar refractivity (Wildman–Crippen MR) is 80.7 cm³/mol. The fourth-order valence-corrected chi connectivity index (χ4v) is 3.37. The summed E-state index contributed by atoms with van der Waals surface area (Å²) in [4.78, 5) is 2.56. The largest absolute Gasteiger partial charge is 0.493 e. The summed E-state index contributed by atoms with van der Waals surface area (Å²) in [6.45, 7) is 6.35. The third-order valence-electron chi connectivity index (χ3n) is 4.47. The zero-order chi connectivity index (χ0) is 13.9. The number of piperidine rings is 3. The maximum Gasteiger partial charge on any atom is 0.162 e. The molecular weight excluding hydrogens is 252 g/mol. The topological polar surface area (TPSA) is 33.7 Å². The van der Waals surface area contributed by atoms with Crippen LogP contribution in [0, 0.1) is 5.92 Å². The number of rotatable bonds is 5. The molecule has 3 aliphatic rings. The summed E-state index contributed by atoms with van der Waals surface area (Å²) in [7, 11) is 1.69. The molecule has 4 nitrogen and oxygen atoms in total. The van der Waals surface area contributed by atoms with Gasteiger partial charge in [0.05, 0.1) is 13.7 Å². The van der Waals surface area contributed by atoms with Crippen molar-refractivity contribution in [2.24, 2.45) is 5.92 Å². The lowest BCUT2D eigenvalue weighted by Crippen LogP contribution is -2.53. The molecule has 4 rings (SSSR count). The molecule has 0 amide bonds. The zero-order valence-corrected chi connectivity index (χ0v) is 12.4. The first kappa shape index (κ1) is 13.6. The van der Waals surface area contributed by atoms with Gasteiger partial charge in [0.1, 0.15) is 0 Å². The SMILES string of the molecule is CCOc1ccc(NC2CN3CCC2CC3)cc1OC. The van der Waals surface area contributed by atoms with Crippen molar-refractivity contribution in [3.8, 4) is 11.5 Å². The van der Waals surface area contributed by atoms with Crippen molar-refractivity contribution in [1.82, 2.24) is 4.90 Å². The highest BCUT2D eigenvalue weighted by Gasteiger charge is 2.33. The van der Waals surface area contributed by atoms with Crippen LogP contribution in [0.3, 0.4) is 0 Å². The Hall–Kier alpha value is -1.42. The number of hydrogen-bond donors (Lipinski definition) is 1. The molecular formula is C16H24N2O2. The number of nitrogens with one attached hydrogen (secondary N) is 1. The van der Waals surface area contributed by atoms with Crippen molar-refractivity contribution in [2.45, 2.75) is 25.8 Å². The zero-order valence-electron chi connectivity index (χ0n) is 12.4. The number of fused-ring (bicyclic) bond motifs is 3. The first-order valence-electron chi connectivity index (χ1n) is 7.60. The quantitative estimate of drug-likeness (QED) is 0.896. The second-order valence-electron chi connectivity index (χ2n) is 5.69. The van der Waals surface area contributed by atoms with E-state index in [9.17, 15) is 0 Å². The lowest BCUT2D eigenvalue weighted by atomic mass is 9.84. The van der Waals surface area contributed by atoms with Gasteiger partial charge in [-0.15, -0.1) is 0 Å². The Kier molecular flexibility index (Phi) is 4.01. The van der Waals surface area contributed by atoms with Gasteiger partial charge in [0.2, 0.25) is 0 Å². The third-order valence-corrected chi connectivity index (χ3v) is 4.47. The molecule has 3 fully saturated rings. The van der Waals surface area contributed by atoms with E-state index in [0.29, 0.717) is 12.6 Å². The van der Waals surface area contributed by atoms with E-state index in [1.165, 1.54) is 32.5 Å². The molecule has 3 aliphatic heterocycles. The van der Waals surface area contributed by atoms with Crippen LogP contribution >= 0.6 is 0 Å². The van der Waals surface area contributed by atoms with Gasteiger partial charge in [-0.25, -0.2) is 0 Å². The van der Waals surface area contributed by atoms with Crippen molar-refractivity contribution in [3.63, 3.8) is 0 Å². The van der Waals surface area contributed by atoms with Gasteiger partial charge in [0.15, 0.2) is 11.5 Å². The molecule has 110 valence electrons. The van der Waals surface area contributed by atoms with Crippen LogP contribution in [-0.2, 0) is 0 Å². The second kappa shape index (κ2) is 5.92. The minimum absolute atomic E-state index is 0.570. The van der Waals surface area contributed by atoms with E-state index in [-0.39, 0.29) is 0 Å². The van der Waals surface area contributed by atoms with E-state index >= 15 is 0 Å². The molecule has 0 aromatic heterocycles. The van der Waals surface area contributed by atoms with E-state index in [1.54, 1.807) is 7.11 Å². The van der Waals surface area contributed by atoms with Gasteiger partial charge < -0.3 is 19.7 Å². The summed E-state index contributed by atoms with van der Waals surface area (Å²) in [6.07, 6.45) is 2.65. The maximum atomic E-state index is 5.56. The lowest BCUT2D eigenvalue weighted by Gasteiger charge is -2.45. The fourth-order valence-electron chi connectivity index (χ4n) is 3.37. The number of hydrogen-bond acceptors (Lipinski definition) is 4. The summed E-state index contributed by atoms with van der Waals surface area (Å²) in [6, 6.07) is 6.69. The third kappa shape index (κ3) is 2.70. The number of ether oxygens (including phenoxy) is 2. The van der Waals surface area contributed by atoms with Crippen molar-refractivity contribution in [2.75, 3.05) is 38.7 Å².